The van der Waals surface area contributed by atoms with Crippen molar-refractivity contribution in [2.24, 2.45) is 0 Å². The van der Waals surface area contributed by atoms with Crippen molar-refractivity contribution in [1.29, 1.82) is 0 Å². The number of fused-ring (bicyclic) bond motifs is 1. The molecular formula is C18H21NO3. The average Bonchev–Trinajstić information content (AvgIpc) is 2.64. The van der Waals surface area contributed by atoms with Crippen molar-refractivity contribution in [1.82, 2.24) is 4.57 Å². The molecule has 4 heteroatoms. The lowest BCUT2D eigenvalue weighted by molar-refractivity contribution is 0.0694. The van der Waals surface area contributed by atoms with Gasteiger partial charge < -0.3 is 9.67 Å². The smallest absolute Gasteiger partial charge is 0.341 e. The van der Waals surface area contributed by atoms with Crippen LogP contribution in [-0.2, 0) is 6.54 Å². The first-order chi connectivity index (χ1) is 10.6. The van der Waals surface area contributed by atoms with Crippen molar-refractivity contribution < 1.29 is 9.90 Å². The molecular weight excluding hydrogens is 278 g/mol. The van der Waals surface area contributed by atoms with Crippen LogP contribution in [-0.4, -0.2) is 15.6 Å². The highest BCUT2D eigenvalue weighted by molar-refractivity contribution is 5.88. The molecule has 0 unspecified atom stereocenters. The minimum Gasteiger partial charge on any atom is -0.477 e. The first-order valence-electron chi connectivity index (χ1n) is 7.59. The quantitative estimate of drug-likeness (QED) is 0.923. The van der Waals surface area contributed by atoms with Crippen LogP contribution in [0.2, 0.25) is 0 Å². The summed E-state index contributed by atoms with van der Waals surface area (Å²) in [4.78, 5) is 23.2. The van der Waals surface area contributed by atoms with Crippen molar-refractivity contribution in [2.45, 2.75) is 39.7 Å². The number of hydrogen-bond acceptors (Lipinski definition) is 2. The Bertz CT molecular complexity index is 720. The highest BCUT2D eigenvalue weighted by atomic mass is 16.4. The highest BCUT2D eigenvalue weighted by Gasteiger charge is 2.17. The number of aromatic carboxylic acids is 1. The molecule has 1 N–H and O–H groups in total. The maximum Gasteiger partial charge on any atom is 0.341 e. The standard InChI is InChI=1S/C18H21NO3/c1-3-5-9-14-13(7-4-2)8-6-10-19-12-15(18(21)22)17(20)11-16(14)19/h4-5,7,9,11-12H,3,6,8,10H2,1-2H3,(H,21,22)/b7-4-,9-5-. The van der Waals surface area contributed by atoms with Gasteiger partial charge in [0.25, 0.3) is 0 Å². The van der Waals surface area contributed by atoms with Crippen molar-refractivity contribution in [2.75, 3.05) is 0 Å². The molecule has 22 heavy (non-hydrogen) atoms. The third-order valence-corrected chi connectivity index (χ3v) is 3.71. The lowest BCUT2D eigenvalue weighted by atomic mass is 10.00. The summed E-state index contributed by atoms with van der Waals surface area (Å²) in [6, 6.07) is 1.45. The van der Waals surface area contributed by atoms with Gasteiger partial charge in [-0.15, -0.1) is 0 Å². The first kappa shape index (κ1) is 16.0. The van der Waals surface area contributed by atoms with Gasteiger partial charge in [-0.05, 0) is 31.8 Å². The molecule has 0 amide bonds. The Hall–Kier alpha value is -2.36. The number of allylic oxidation sites excluding steroid dienone is 6. The minimum absolute atomic E-state index is 0.169. The fraction of sp³-hybridized carbons (Fsp3) is 0.333. The summed E-state index contributed by atoms with van der Waals surface area (Å²) in [5.41, 5.74) is 2.37. The van der Waals surface area contributed by atoms with Gasteiger partial charge in [0.1, 0.15) is 5.56 Å². The maximum absolute atomic E-state index is 12.1. The van der Waals surface area contributed by atoms with Crippen molar-refractivity contribution in [3.8, 4) is 0 Å². The molecule has 1 aliphatic heterocycles. The zero-order valence-corrected chi connectivity index (χ0v) is 13.0. The zero-order valence-electron chi connectivity index (χ0n) is 13.0. The second-order valence-corrected chi connectivity index (χ2v) is 5.29. The van der Waals surface area contributed by atoms with Crippen LogP contribution in [0.1, 0.15) is 49.2 Å². The molecule has 0 fully saturated rings. The van der Waals surface area contributed by atoms with Crippen LogP contribution in [0, 0.1) is 0 Å². The summed E-state index contributed by atoms with van der Waals surface area (Å²) in [6.45, 7) is 4.74. The van der Waals surface area contributed by atoms with E-state index in [-0.39, 0.29) is 5.56 Å². The minimum atomic E-state index is -1.17. The molecule has 0 aliphatic carbocycles. The lowest BCUT2D eigenvalue weighted by Crippen LogP contribution is -2.19. The Morgan fingerprint density at radius 2 is 2.18 bits per heavy atom. The predicted octanol–water partition coefficient (Wildman–Crippen LogP) is 3.64. The predicted molar refractivity (Wildman–Crippen MR) is 88.1 cm³/mol. The van der Waals surface area contributed by atoms with E-state index in [1.54, 1.807) is 0 Å². The van der Waals surface area contributed by atoms with Gasteiger partial charge >= 0.3 is 5.97 Å². The van der Waals surface area contributed by atoms with E-state index in [9.17, 15) is 9.59 Å². The van der Waals surface area contributed by atoms with Crippen LogP contribution in [0.15, 0.2) is 46.9 Å². The van der Waals surface area contributed by atoms with Gasteiger partial charge in [0.15, 0.2) is 5.43 Å². The molecule has 0 aromatic carbocycles. The Morgan fingerprint density at radius 1 is 1.41 bits per heavy atom. The Balaban J connectivity index is 2.70. The second-order valence-electron chi connectivity index (χ2n) is 5.29. The third kappa shape index (κ3) is 3.27. The number of hydrogen-bond donors (Lipinski definition) is 1. The number of nitrogens with zero attached hydrogens (tertiary/aromatic N) is 1. The molecule has 0 saturated carbocycles. The van der Waals surface area contributed by atoms with Gasteiger partial charge in [-0.3, -0.25) is 4.79 Å². The molecule has 2 heterocycles. The molecule has 4 nitrogen and oxygen atoms in total. The zero-order chi connectivity index (χ0) is 16.1. The van der Waals surface area contributed by atoms with Gasteiger partial charge in [-0.25, -0.2) is 4.79 Å². The Kier molecular flexibility index (Phi) is 5.15. The summed E-state index contributed by atoms with van der Waals surface area (Å²) in [6.07, 6.45) is 12.4. The van der Waals surface area contributed by atoms with E-state index in [1.807, 2.05) is 23.6 Å². The van der Waals surface area contributed by atoms with E-state index < -0.39 is 11.4 Å². The molecule has 0 bridgehead atoms. The van der Waals surface area contributed by atoms with E-state index >= 15 is 0 Å². The maximum atomic E-state index is 12.1. The summed E-state index contributed by atoms with van der Waals surface area (Å²) in [5, 5.41) is 9.13. The van der Waals surface area contributed by atoms with Crippen molar-refractivity contribution in [3.05, 3.63) is 63.6 Å². The fourth-order valence-corrected chi connectivity index (χ4v) is 2.69. The molecule has 0 atom stereocenters. The molecule has 0 radical (unpaired) electrons. The van der Waals surface area contributed by atoms with Gasteiger partial charge in [-0.1, -0.05) is 31.2 Å². The Morgan fingerprint density at radius 3 is 2.82 bits per heavy atom. The molecule has 2 rings (SSSR count). The van der Waals surface area contributed by atoms with Crippen LogP contribution < -0.4 is 5.43 Å². The number of aromatic nitrogens is 1. The van der Waals surface area contributed by atoms with E-state index in [2.05, 4.69) is 19.1 Å². The van der Waals surface area contributed by atoms with E-state index in [0.29, 0.717) is 6.54 Å². The number of carbonyl (C=O) groups is 1. The number of pyridine rings is 1. The van der Waals surface area contributed by atoms with Crippen LogP contribution >= 0.6 is 0 Å². The molecule has 0 spiro atoms. The van der Waals surface area contributed by atoms with Crippen LogP contribution in [0.3, 0.4) is 0 Å². The number of carboxylic acid groups (broad SMARTS) is 1. The number of carboxylic acids is 1. The summed E-state index contributed by atoms with van der Waals surface area (Å²) in [7, 11) is 0. The van der Waals surface area contributed by atoms with Crippen LogP contribution in [0.5, 0.6) is 0 Å². The SMILES string of the molecule is C/C=C\C1=C(/C=C\CC)c2cc(=O)c(C(=O)O)cn2CCC1. The summed E-state index contributed by atoms with van der Waals surface area (Å²) >= 11 is 0. The van der Waals surface area contributed by atoms with Crippen molar-refractivity contribution in [3.63, 3.8) is 0 Å². The molecule has 1 aromatic rings. The van der Waals surface area contributed by atoms with Gasteiger partial charge in [-0.2, -0.15) is 0 Å². The van der Waals surface area contributed by atoms with Crippen molar-refractivity contribution >= 4 is 11.5 Å². The second kappa shape index (κ2) is 7.07. The van der Waals surface area contributed by atoms with E-state index in [0.717, 1.165) is 30.5 Å². The van der Waals surface area contributed by atoms with Crippen LogP contribution in [0.4, 0.5) is 0 Å². The number of aryl methyl sites for hydroxylation is 1. The summed E-state index contributed by atoms with van der Waals surface area (Å²) in [5.74, 6) is -1.17. The third-order valence-electron chi connectivity index (χ3n) is 3.71. The van der Waals surface area contributed by atoms with E-state index in [4.69, 9.17) is 5.11 Å². The lowest BCUT2D eigenvalue weighted by Gasteiger charge is -2.13. The van der Waals surface area contributed by atoms with Crippen LogP contribution in [0.25, 0.3) is 5.57 Å². The largest absolute Gasteiger partial charge is 0.477 e. The first-order valence-corrected chi connectivity index (χ1v) is 7.59. The fourth-order valence-electron chi connectivity index (χ4n) is 2.69. The Labute approximate surface area is 130 Å². The average molecular weight is 299 g/mol. The van der Waals surface area contributed by atoms with Gasteiger partial charge in [0.2, 0.25) is 0 Å². The molecule has 0 saturated heterocycles. The number of rotatable bonds is 4. The molecule has 1 aliphatic rings. The normalized spacial score (nSPS) is 15.4. The van der Waals surface area contributed by atoms with Gasteiger partial charge in [0.05, 0.1) is 5.69 Å². The monoisotopic (exact) mass is 299 g/mol. The van der Waals surface area contributed by atoms with Gasteiger partial charge in [0, 0.05) is 24.4 Å². The topological polar surface area (TPSA) is 59.3 Å². The highest BCUT2D eigenvalue weighted by Crippen LogP contribution is 2.28. The van der Waals surface area contributed by atoms with E-state index in [1.165, 1.54) is 17.8 Å². The summed E-state index contributed by atoms with van der Waals surface area (Å²) < 4.78 is 1.89. The molecule has 1 aromatic heterocycles. The molecule has 116 valence electrons.